The van der Waals surface area contributed by atoms with Gasteiger partial charge in [0.1, 0.15) is 8.07 Å². The van der Waals surface area contributed by atoms with Crippen LogP contribution in [0, 0.1) is 0 Å². The van der Waals surface area contributed by atoms with Gasteiger partial charge < -0.3 is 5.11 Å². The van der Waals surface area contributed by atoms with Crippen molar-refractivity contribution in [3.8, 4) is 0 Å². The lowest BCUT2D eigenvalue weighted by atomic mass is 9.69. The topological polar surface area (TPSA) is 20.2 Å². The van der Waals surface area contributed by atoms with Crippen LogP contribution in [0.1, 0.15) is 52.2 Å². The van der Waals surface area contributed by atoms with Crippen LogP contribution in [0.3, 0.4) is 0 Å². The summed E-state index contributed by atoms with van der Waals surface area (Å²) in [6.07, 6.45) is 1.93. The molecule has 27 heavy (non-hydrogen) atoms. The average Bonchev–Trinajstić information content (AvgIpc) is 3.00. The fraction of sp³-hybridized carbons (Fsp3) is 0.440. The lowest BCUT2D eigenvalue weighted by Gasteiger charge is -2.53. The molecular weight excluding hydrogens is 344 g/mol. The Morgan fingerprint density at radius 3 is 2.07 bits per heavy atom. The van der Waals surface area contributed by atoms with Crippen LogP contribution in [-0.2, 0) is 11.8 Å². The van der Waals surface area contributed by atoms with Gasteiger partial charge in [0.15, 0.2) is 0 Å². The van der Waals surface area contributed by atoms with Gasteiger partial charge in [0, 0.05) is 5.41 Å². The summed E-state index contributed by atoms with van der Waals surface area (Å²) in [4.78, 5) is 0. The molecule has 0 aliphatic heterocycles. The highest BCUT2D eigenvalue weighted by Crippen LogP contribution is 2.56. The Labute approximate surface area is 166 Å². The fourth-order valence-electron chi connectivity index (χ4n) is 5.19. The predicted molar refractivity (Wildman–Crippen MR) is 119 cm³/mol. The van der Waals surface area contributed by atoms with E-state index in [9.17, 15) is 5.11 Å². The van der Waals surface area contributed by atoms with Crippen molar-refractivity contribution >= 4 is 13.3 Å². The van der Waals surface area contributed by atoms with Crippen LogP contribution in [-0.4, -0.2) is 18.8 Å². The van der Waals surface area contributed by atoms with E-state index in [1.807, 2.05) is 13.8 Å². The van der Waals surface area contributed by atoms with Gasteiger partial charge in [-0.1, -0.05) is 92.3 Å². The first kappa shape index (κ1) is 20.1. The molecule has 2 unspecified atom stereocenters. The molecule has 0 saturated carbocycles. The van der Waals surface area contributed by atoms with E-state index in [0.717, 1.165) is 12.8 Å². The number of benzene rings is 2. The zero-order valence-electron chi connectivity index (χ0n) is 17.8. The first-order chi connectivity index (χ1) is 12.5. The summed E-state index contributed by atoms with van der Waals surface area (Å²) >= 11 is 0. The molecule has 0 amide bonds. The Morgan fingerprint density at radius 1 is 0.963 bits per heavy atom. The smallest absolute Gasteiger partial charge is 0.116 e. The van der Waals surface area contributed by atoms with Gasteiger partial charge in [-0.2, -0.15) is 0 Å². The summed E-state index contributed by atoms with van der Waals surface area (Å²) in [6.45, 7) is 18.2. The van der Waals surface area contributed by atoms with E-state index in [0.29, 0.717) is 0 Å². The Morgan fingerprint density at radius 2 is 1.52 bits per heavy atom. The number of aryl methyl sites for hydroxylation is 1. The number of hydrogen-bond acceptors (Lipinski definition) is 1. The summed E-state index contributed by atoms with van der Waals surface area (Å²) in [5.74, 6) is 0. The molecule has 0 fully saturated rings. The van der Waals surface area contributed by atoms with Gasteiger partial charge in [-0.3, -0.25) is 0 Å². The van der Waals surface area contributed by atoms with Crippen molar-refractivity contribution < 1.29 is 5.11 Å². The van der Waals surface area contributed by atoms with Crippen LogP contribution in [0.4, 0.5) is 0 Å². The molecule has 1 aliphatic rings. The fourth-order valence-corrected chi connectivity index (χ4v) is 9.59. The Hall–Kier alpha value is -1.64. The second-order valence-corrected chi connectivity index (χ2v) is 14.8. The van der Waals surface area contributed by atoms with Gasteiger partial charge in [0.25, 0.3) is 0 Å². The number of aliphatic hydroxyl groups is 1. The third-order valence-corrected chi connectivity index (χ3v) is 13.4. The molecule has 0 saturated heterocycles. The second kappa shape index (κ2) is 6.46. The maximum absolute atomic E-state index is 11.5. The molecule has 3 rings (SSSR count). The molecule has 144 valence electrons. The number of hydrogen-bond donors (Lipinski definition) is 1. The molecule has 1 N–H and O–H groups in total. The Kier molecular flexibility index (Phi) is 4.81. The molecule has 0 bridgehead atoms. The van der Waals surface area contributed by atoms with Gasteiger partial charge in [0.2, 0.25) is 0 Å². The summed E-state index contributed by atoms with van der Waals surface area (Å²) in [6, 6.07) is 19.5. The van der Waals surface area contributed by atoms with E-state index in [2.05, 4.69) is 81.9 Å². The molecule has 2 heteroatoms. The quantitative estimate of drug-likeness (QED) is 0.694. The zero-order chi connectivity index (χ0) is 20.1. The number of fused-ring (bicyclic) bond motifs is 1. The molecule has 2 aromatic rings. The highest BCUT2D eigenvalue weighted by Gasteiger charge is 2.58. The maximum atomic E-state index is 11.5. The molecule has 1 aliphatic carbocycles. The van der Waals surface area contributed by atoms with Crippen LogP contribution in [0.5, 0.6) is 0 Å². The van der Waals surface area contributed by atoms with E-state index in [1.165, 1.54) is 21.5 Å². The molecule has 1 nitrogen and oxygen atoms in total. The van der Waals surface area contributed by atoms with Crippen LogP contribution >= 0.6 is 0 Å². The summed E-state index contributed by atoms with van der Waals surface area (Å²) in [7, 11) is -2.20. The van der Waals surface area contributed by atoms with Crippen molar-refractivity contribution in [3.63, 3.8) is 0 Å². The Balaban J connectivity index is 2.29. The number of rotatable bonds is 4. The summed E-state index contributed by atoms with van der Waals surface area (Å²) in [5, 5.41) is 14.3. The van der Waals surface area contributed by atoms with Crippen molar-refractivity contribution in [1.29, 1.82) is 0 Å². The molecule has 0 heterocycles. The van der Waals surface area contributed by atoms with Gasteiger partial charge >= 0.3 is 0 Å². The van der Waals surface area contributed by atoms with E-state index in [1.54, 1.807) is 0 Å². The standard InChI is InChI=1S/C25H34OSi/c1-19(27(7,23(2,3)4)21-14-9-8-10-15-21)25(24(5,6)26)18-17-20-13-11-12-16-22(20)25/h8-16,26H,1,17-18H2,2-7H3. The van der Waals surface area contributed by atoms with Crippen LogP contribution in [0.25, 0.3) is 0 Å². The minimum absolute atomic E-state index is 0.0845. The molecule has 0 aromatic heterocycles. The third-order valence-electron chi connectivity index (χ3n) is 7.26. The lowest BCUT2D eigenvalue weighted by molar-refractivity contribution is 0.0131. The largest absolute Gasteiger partial charge is 0.389 e. The van der Waals surface area contributed by atoms with Crippen molar-refractivity contribution in [1.82, 2.24) is 0 Å². The molecular formula is C25H34OSi. The van der Waals surface area contributed by atoms with Crippen molar-refractivity contribution in [2.45, 2.75) is 70.1 Å². The van der Waals surface area contributed by atoms with Crippen LogP contribution < -0.4 is 5.19 Å². The predicted octanol–water partition coefficient (Wildman–Crippen LogP) is 5.52. The zero-order valence-corrected chi connectivity index (χ0v) is 18.8. The lowest BCUT2D eigenvalue weighted by Crippen LogP contribution is -2.62. The highest BCUT2D eigenvalue weighted by molar-refractivity contribution is 6.99. The van der Waals surface area contributed by atoms with E-state index < -0.39 is 19.1 Å². The molecule has 2 atom stereocenters. The summed E-state index contributed by atoms with van der Waals surface area (Å²) < 4.78 is 0. The normalized spacial score (nSPS) is 22.2. The summed E-state index contributed by atoms with van der Waals surface area (Å²) in [5.41, 5.74) is 1.36. The van der Waals surface area contributed by atoms with E-state index in [-0.39, 0.29) is 5.04 Å². The first-order valence-corrected chi connectivity index (χ1v) is 12.5. The second-order valence-electron chi connectivity index (χ2n) is 9.84. The van der Waals surface area contributed by atoms with Crippen molar-refractivity contribution in [2.75, 3.05) is 0 Å². The van der Waals surface area contributed by atoms with Gasteiger partial charge in [-0.15, -0.1) is 6.58 Å². The minimum atomic E-state index is -2.20. The Bertz CT molecular complexity index is 841. The van der Waals surface area contributed by atoms with Crippen molar-refractivity contribution in [2.24, 2.45) is 0 Å². The molecule has 0 spiro atoms. The third kappa shape index (κ3) is 2.85. The van der Waals surface area contributed by atoms with Crippen LogP contribution in [0.15, 0.2) is 66.4 Å². The van der Waals surface area contributed by atoms with E-state index in [4.69, 9.17) is 6.58 Å². The molecule has 0 radical (unpaired) electrons. The van der Waals surface area contributed by atoms with E-state index >= 15 is 0 Å². The molecule has 2 aromatic carbocycles. The van der Waals surface area contributed by atoms with Crippen molar-refractivity contribution in [3.05, 3.63) is 77.5 Å². The van der Waals surface area contributed by atoms with Gasteiger partial charge in [-0.25, -0.2) is 0 Å². The minimum Gasteiger partial charge on any atom is -0.389 e. The monoisotopic (exact) mass is 378 g/mol. The van der Waals surface area contributed by atoms with Gasteiger partial charge in [-0.05, 0) is 42.9 Å². The maximum Gasteiger partial charge on any atom is 0.116 e. The van der Waals surface area contributed by atoms with Gasteiger partial charge in [0.05, 0.1) is 5.60 Å². The SMILES string of the molecule is C=C(C1(C(C)(C)O)CCc2ccccc21)[Si](C)(c1ccccc1)C(C)(C)C. The first-order valence-electron chi connectivity index (χ1n) is 10.0. The van der Waals surface area contributed by atoms with Crippen LogP contribution in [0.2, 0.25) is 11.6 Å². The highest BCUT2D eigenvalue weighted by atomic mass is 28.3. The average molecular weight is 379 g/mol.